The molecule has 0 spiro atoms. The molecule has 0 N–H and O–H groups in total. The van der Waals surface area contributed by atoms with Gasteiger partial charge in [-0.25, -0.2) is 0 Å². The van der Waals surface area contributed by atoms with Gasteiger partial charge in [-0.3, -0.25) is 0 Å². The molecule has 0 nitrogen and oxygen atoms in total. The van der Waals surface area contributed by atoms with Crippen molar-refractivity contribution in [2.75, 3.05) is 0 Å². The minimum Gasteiger partial charge on any atom is 0 e. The van der Waals surface area contributed by atoms with E-state index in [1.165, 1.54) is 0 Å². The summed E-state index contributed by atoms with van der Waals surface area (Å²) in [5, 5.41) is 0. The van der Waals surface area contributed by atoms with E-state index in [-0.39, 0.29) is 175 Å². The van der Waals surface area contributed by atoms with Crippen LogP contribution in [0.25, 0.3) is 0 Å². The van der Waals surface area contributed by atoms with Gasteiger partial charge in [0.25, 0.3) is 0 Å². The van der Waals surface area contributed by atoms with Crippen LogP contribution in [0.4, 0.5) is 0 Å². The quantitative estimate of drug-likeness (QED) is 0.264. The van der Waals surface area contributed by atoms with Gasteiger partial charge >= 0.3 is 0 Å². The van der Waals surface area contributed by atoms with Gasteiger partial charge in [-0.05, 0) is 0 Å². The fraction of sp³-hybridized carbons (Fsp3) is 0. The largest absolute Gasteiger partial charge is 0 e. The third kappa shape index (κ3) is 22.7. The average molecular weight is 747 g/mol. The van der Waals surface area contributed by atoms with Crippen molar-refractivity contribution in [2.45, 2.75) is 0 Å². The van der Waals surface area contributed by atoms with E-state index < -0.39 is 0 Å². The zero-order valence-corrected chi connectivity index (χ0v) is 20.5. The van der Waals surface area contributed by atoms with Crippen molar-refractivity contribution in [2.24, 2.45) is 0 Å². The summed E-state index contributed by atoms with van der Waals surface area (Å²) in [4.78, 5) is 0. The Balaban J connectivity index is 0. The third-order valence-corrected chi connectivity index (χ3v) is 0. The molecule has 0 aromatic carbocycles. The molecule has 0 aliphatic heterocycles. The predicted molar refractivity (Wildman–Crippen MR) is 61.8 cm³/mol. The van der Waals surface area contributed by atoms with Crippen molar-refractivity contribution < 1.29 is 27.7 Å². The van der Waals surface area contributed by atoms with Crippen molar-refractivity contribution >= 4 is 147 Å². The fourth-order valence-electron chi connectivity index (χ4n) is 0. The number of rotatable bonds is 0. The molecule has 6 heavy (non-hydrogen) atoms. The molecule has 5 radical (unpaired) electrons. The van der Waals surface area contributed by atoms with Crippen LogP contribution < -0.4 is 0 Å². The Labute approximate surface area is 169 Å². The maximum Gasteiger partial charge on any atom is 0 e. The minimum absolute atomic E-state index is 0. The second-order valence-electron chi connectivity index (χ2n) is 0. The van der Waals surface area contributed by atoms with Crippen LogP contribution in [-0.4, -0.2) is 51.4 Å². The van der Waals surface area contributed by atoms with Crippen LogP contribution in [0.15, 0.2) is 0 Å². The Morgan fingerprint density at radius 1 is 0.500 bits per heavy atom. The van der Waals surface area contributed by atoms with Gasteiger partial charge in [0.15, 0.2) is 0 Å². The first kappa shape index (κ1) is 41.9. The molecule has 0 fully saturated rings. The normalized spacial score (nSPS) is 0. The van der Waals surface area contributed by atoms with Gasteiger partial charge in [0.1, 0.15) is 0 Å². The number of halogens is 4. The fourth-order valence-corrected chi connectivity index (χ4v) is 0. The van der Waals surface area contributed by atoms with Crippen LogP contribution in [0.1, 0.15) is 0 Å². The molecule has 0 heterocycles. The molecule has 6 heteroatoms. The van der Waals surface area contributed by atoms with E-state index in [1.54, 1.807) is 0 Å². The standard InChI is InChI=1S/Hg.4I.K. The predicted octanol–water partition coefficient (Wildman–Crippen LogP) is 3.16. The number of hydrogen-bond donors (Lipinski definition) is 0. The van der Waals surface area contributed by atoms with Gasteiger partial charge in [0, 0.05) is 175 Å². The molecular weight excluding hydrogens is 747 g/mol. The van der Waals surface area contributed by atoms with Crippen LogP contribution in [-0.2, 0) is 27.7 Å². The Bertz CT molecular complexity index is 7.51. The monoisotopic (exact) mass is 749 g/mol. The SMILES string of the molecule is [Hg].[I].[I].[I].[I].[K]. The second kappa shape index (κ2) is 31.3. The number of hydrogen-bond acceptors (Lipinski definition) is 0. The average Bonchev–Trinajstić information content (AvgIpc) is 0. The summed E-state index contributed by atoms with van der Waals surface area (Å²) in [6, 6.07) is 0. The summed E-state index contributed by atoms with van der Waals surface area (Å²) in [5.74, 6) is 0. The molecular formula is HgI4K. The Morgan fingerprint density at radius 2 is 0.500 bits per heavy atom. The molecule has 31 valence electrons. The van der Waals surface area contributed by atoms with Crippen molar-refractivity contribution in [1.82, 2.24) is 0 Å². The van der Waals surface area contributed by atoms with Crippen LogP contribution in [0.5, 0.6) is 0 Å². The second-order valence-corrected chi connectivity index (χ2v) is 0. The van der Waals surface area contributed by atoms with Crippen molar-refractivity contribution in [3.8, 4) is 0 Å². The van der Waals surface area contributed by atoms with Crippen molar-refractivity contribution in [3.63, 3.8) is 0 Å². The first-order chi connectivity index (χ1) is 0. The maximum atomic E-state index is 0. The van der Waals surface area contributed by atoms with Crippen LogP contribution in [0.3, 0.4) is 0 Å². The summed E-state index contributed by atoms with van der Waals surface area (Å²) in [6.07, 6.45) is 0. The molecule has 0 aliphatic carbocycles. The van der Waals surface area contributed by atoms with Crippen molar-refractivity contribution in [1.29, 1.82) is 0 Å². The summed E-state index contributed by atoms with van der Waals surface area (Å²) in [6.45, 7) is 0. The van der Waals surface area contributed by atoms with Crippen molar-refractivity contribution in [3.05, 3.63) is 0 Å². The first-order valence-corrected chi connectivity index (χ1v) is 0. The molecule has 0 saturated carbocycles. The molecule has 0 aromatic heterocycles. The van der Waals surface area contributed by atoms with E-state index in [4.69, 9.17) is 0 Å². The van der Waals surface area contributed by atoms with E-state index >= 15 is 0 Å². The van der Waals surface area contributed by atoms with Gasteiger partial charge < -0.3 is 0 Å². The Morgan fingerprint density at radius 3 is 0.500 bits per heavy atom. The maximum absolute atomic E-state index is 0. The molecule has 0 aliphatic rings. The topological polar surface area (TPSA) is 0 Å². The summed E-state index contributed by atoms with van der Waals surface area (Å²) < 4.78 is 0. The Hall–Kier alpha value is 5.49. The first-order valence-electron chi connectivity index (χ1n) is 0. The smallest absolute Gasteiger partial charge is 0 e. The molecule has 0 atom stereocenters. The Kier molecular flexibility index (Phi) is 219. The van der Waals surface area contributed by atoms with Crippen LogP contribution in [0.2, 0.25) is 0 Å². The third-order valence-electron chi connectivity index (χ3n) is 0. The summed E-state index contributed by atoms with van der Waals surface area (Å²) in [5.41, 5.74) is 0. The van der Waals surface area contributed by atoms with Gasteiger partial charge in [-0.15, -0.1) is 0 Å². The van der Waals surface area contributed by atoms with Gasteiger partial charge in [-0.2, -0.15) is 0 Å². The summed E-state index contributed by atoms with van der Waals surface area (Å²) in [7, 11) is 0. The molecule has 0 bridgehead atoms. The zero-order valence-electron chi connectivity index (χ0n) is 3.22. The van der Waals surface area contributed by atoms with E-state index in [2.05, 4.69) is 0 Å². The molecule has 0 amide bonds. The van der Waals surface area contributed by atoms with E-state index in [9.17, 15) is 0 Å². The van der Waals surface area contributed by atoms with E-state index in [1.807, 2.05) is 0 Å². The van der Waals surface area contributed by atoms with Gasteiger partial charge in [0.05, 0.1) is 0 Å². The van der Waals surface area contributed by atoms with Gasteiger partial charge in [0.2, 0.25) is 0 Å². The summed E-state index contributed by atoms with van der Waals surface area (Å²) >= 11 is 0. The van der Waals surface area contributed by atoms with Gasteiger partial charge in [-0.1, -0.05) is 0 Å². The van der Waals surface area contributed by atoms with E-state index in [0.29, 0.717) is 0 Å². The minimum atomic E-state index is 0. The molecule has 0 saturated heterocycles. The van der Waals surface area contributed by atoms with Crippen LogP contribution in [0, 0.1) is 0 Å². The van der Waals surface area contributed by atoms with E-state index in [0.717, 1.165) is 0 Å². The van der Waals surface area contributed by atoms with Crippen LogP contribution >= 0.6 is 95.9 Å². The molecule has 0 aromatic rings. The molecule has 0 rings (SSSR count). The molecule has 0 unspecified atom stereocenters. The zero-order chi connectivity index (χ0) is 0.